The van der Waals surface area contributed by atoms with Crippen LogP contribution in [0.25, 0.3) is 11.0 Å². The Morgan fingerprint density at radius 1 is 1.42 bits per heavy atom. The largest absolute Gasteiger partial charge is 0.376 e. The number of nitrogens with two attached hydrogens (primary N) is 1. The molecule has 1 aliphatic rings. The lowest BCUT2D eigenvalue weighted by atomic mass is 10.1. The number of rotatable bonds is 2. The molecule has 6 heteroatoms. The normalized spacial score (nSPS) is 21.1. The van der Waals surface area contributed by atoms with Crippen molar-refractivity contribution in [2.45, 2.75) is 31.9 Å². The third kappa shape index (κ3) is 2.18. The van der Waals surface area contributed by atoms with E-state index in [1.54, 1.807) is 6.07 Å². The molecular weight excluding hydrogens is 285 g/mol. The van der Waals surface area contributed by atoms with Crippen LogP contribution in [0.15, 0.2) is 12.1 Å². The van der Waals surface area contributed by atoms with Crippen LogP contribution < -0.4 is 5.73 Å². The monoisotopic (exact) mass is 299 g/mol. The number of nitrogen functional groups attached to an aromatic ring is 1. The molecule has 4 nitrogen and oxygen atoms in total. The quantitative estimate of drug-likeness (QED) is 0.920. The predicted octanol–water partition coefficient (Wildman–Crippen LogP) is 3.67. The summed E-state index contributed by atoms with van der Waals surface area (Å²) in [6.45, 7) is 2.91. The van der Waals surface area contributed by atoms with Gasteiger partial charge in [0, 0.05) is 6.61 Å². The highest BCUT2D eigenvalue weighted by Gasteiger charge is 2.26. The summed E-state index contributed by atoms with van der Waals surface area (Å²) in [4.78, 5) is 4.35. The van der Waals surface area contributed by atoms with E-state index in [1.807, 2.05) is 10.6 Å². The third-order valence-electron chi connectivity index (χ3n) is 3.67. The second-order valence-electron chi connectivity index (χ2n) is 4.89. The Balaban J connectivity index is 2.11. The van der Waals surface area contributed by atoms with Gasteiger partial charge < -0.3 is 15.0 Å². The van der Waals surface area contributed by atoms with Gasteiger partial charge in [0.15, 0.2) is 0 Å². The zero-order valence-corrected chi connectivity index (χ0v) is 12.1. The summed E-state index contributed by atoms with van der Waals surface area (Å²) < 4.78 is 7.71. The van der Waals surface area contributed by atoms with Crippen LogP contribution in [0.1, 0.15) is 25.8 Å². The van der Waals surface area contributed by atoms with Crippen molar-refractivity contribution in [2.24, 2.45) is 0 Å². The maximum atomic E-state index is 6.09. The second-order valence-corrected chi connectivity index (χ2v) is 5.70. The van der Waals surface area contributed by atoms with Crippen molar-refractivity contribution < 1.29 is 4.74 Å². The van der Waals surface area contributed by atoms with Crippen molar-refractivity contribution in [3.05, 3.63) is 22.2 Å². The molecule has 0 radical (unpaired) electrons. The lowest BCUT2D eigenvalue weighted by molar-refractivity contribution is 0.0751. The van der Waals surface area contributed by atoms with Crippen LogP contribution in [0.5, 0.6) is 0 Å². The van der Waals surface area contributed by atoms with Crippen LogP contribution >= 0.6 is 23.2 Å². The average molecular weight is 300 g/mol. The first kappa shape index (κ1) is 13.0. The number of benzene rings is 1. The van der Waals surface area contributed by atoms with Gasteiger partial charge in [0.1, 0.15) is 0 Å². The first-order valence-corrected chi connectivity index (χ1v) is 7.07. The number of aromatic nitrogens is 2. The summed E-state index contributed by atoms with van der Waals surface area (Å²) in [6.07, 6.45) is 2.31. The molecule has 1 aromatic heterocycles. The Bertz CT molecular complexity index is 620. The molecule has 3 rings (SSSR count). The van der Waals surface area contributed by atoms with Gasteiger partial charge in [-0.25, -0.2) is 4.98 Å². The standard InChI is InChI=1S/C13H15Cl2N3O/c1-7(12-3-2-4-19-12)18-11-6-9(15)8(14)5-10(11)17-13(18)16/h5-7,12H,2-4H2,1H3,(H2,16,17). The van der Waals surface area contributed by atoms with Crippen molar-refractivity contribution in [3.63, 3.8) is 0 Å². The number of ether oxygens (including phenoxy) is 1. The van der Waals surface area contributed by atoms with Crippen molar-refractivity contribution in [2.75, 3.05) is 12.3 Å². The fourth-order valence-electron chi connectivity index (χ4n) is 2.69. The lowest BCUT2D eigenvalue weighted by Crippen LogP contribution is -2.22. The summed E-state index contributed by atoms with van der Waals surface area (Å²) in [7, 11) is 0. The minimum absolute atomic E-state index is 0.129. The Labute approximate surface area is 121 Å². The van der Waals surface area contributed by atoms with E-state index >= 15 is 0 Å². The molecule has 0 spiro atoms. The van der Waals surface area contributed by atoms with Crippen LogP contribution in [0.4, 0.5) is 5.95 Å². The first-order chi connectivity index (χ1) is 9.08. The fraction of sp³-hybridized carbons (Fsp3) is 0.462. The number of fused-ring (bicyclic) bond motifs is 1. The van der Waals surface area contributed by atoms with Gasteiger partial charge in [0.25, 0.3) is 0 Å². The molecular formula is C13H15Cl2N3O. The number of hydrogen-bond acceptors (Lipinski definition) is 3. The van der Waals surface area contributed by atoms with Gasteiger partial charge in [-0.1, -0.05) is 23.2 Å². The highest BCUT2D eigenvalue weighted by Crippen LogP contribution is 2.33. The lowest BCUT2D eigenvalue weighted by Gasteiger charge is -2.22. The van der Waals surface area contributed by atoms with Crippen LogP contribution in [-0.2, 0) is 4.74 Å². The molecule has 1 fully saturated rings. The molecule has 2 N–H and O–H groups in total. The number of halogens is 2. The van der Waals surface area contributed by atoms with Crippen molar-refractivity contribution in [1.29, 1.82) is 0 Å². The molecule has 1 aliphatic heterocycles. The van der Waals surface area contributed by atoms with Crippen LogP contribution in [0.3, 0.4) is 0 Å². The van der Waals surface area contributed by atoms with Crippen molar-refractivity contribution >= 4 is 40.2 Å². The van der Waals surface area contributed by atoms with Crippen LogP contribution in [-0.4, -0.2) is 22.3 Å². The zero-order valence-electron chi connectivity index (χ0n) is 10.6. The summed E-state index contributed by atoms with van der Waals surface area (Å²) in [6, 6.07) is 3.69. The molecule has 0 bridgehead atoms. The molecule has 0 aliphatic carbocycles. The first-order valence-electron chi connectivity index (χ1n) is 6.32. The molecule has 2 aromatic rings. The smallest absolute Gasteiger partial charge is 0.201 e. The predicted molar refractivity (Wildman–Crippen MR) is 77.9 cm³/mol. The topological polar surface area (TPSA) is 53.1 Å². The molecule has 1 saturated heterocycles. The molecule has 0 amide bonds. The highest BCUT2D eigenvalue weighted by molar-refractivity contribution is 6.42. The maximum absolute atomic E-state index is 6.09. The van der Waals surface area contributed by atoms with Crippen LogP contribution in [0.2, 0.25) is 10.0 Å². The maximum Gasteiger partial charge on any atom is 0.201 e. The Hall–Kier alpha value is -0.970. The number of nitrogens with zero attached hydrogens (tertiary/aromatic N) is 2. The Morgan fingerprint density at radius 3 is 2.84 bits per heavy atom. The SMILES string of the molecule is CC(C1CCCO1)n1c(N)nc2cc(Cl)c(Cl)cc21. The Kier molecular flexibility index (Phi) is 3.33. The van der Waals surface area contributed by atoms with Gasteiger partial charge in [0.05, 0.1) is 33.2 Å². The van der Waals surface area contributed by atoms with E-state index in [4.69, 9.17) is 33.7 Å². The van der Waals surface area contributed by atoms with E-state index < -0.39 is 0 Å². The summed E-state index contributed by atoms with van der Waals surface area (Å²) in [5, 5.41) is 0.999. The summed E-state index contributed by atoms with van der Waals surface area (Å²) in [5.74, 6) is 0.469. The van der Waals surface area contributed by atoms with E-state index in [1.165, 1.54) is 0 Å². The van der Waals surface area contributed by atoms with E-state index in [0.29, 0.717) is 16.0 Å². The summed E-state index contributed by atoms with van der Waals surface area (Å²) >= 11 is 12.1. The van der Waals surface area contributed by atoms with Gasteiger partial charge in [-0.05, 0) is 31.9 Å². The molecule has 19 heavy (non-hydrogen) atoms. The fourth-order valence-corrected chi connectivity index (χ4v) is 3.00. The van der Waals surface area contributed by atoms with E-state index in [9.17, 15) is 0 Å². The molecule has 0 saturated carbocycles. The van der Waals surface area contributed by atoms with Crippen LogP contribution in [0, 0.1) is 0 Å². The highest BCUT2D eigenvalue weighted by atomic mass is 35.5. The summed E-state index contributed by atoms with van der Waals surface area (Å²) in [5.41, 5.74) is 7.69. The van der Waals surface area contributed by atoms with Gasteiger partial charge in [0.2, 0.25) is 5.95 Å². The van der Waals surface area contributed by atoms with Gasteiger partial charge in [-0.2, -0.15) is 0 Å². The Morgan fingerprint density at radius 2 is 2.16 bits per heavy atom. The minimum atomic E-state index is 0.129. The van der Waals surface area contributed by atoms with Gasteiger partial charge in [-0.3, -0.25) is 0 Å². The number of anilines is 1. The molecule has 1 aromatic carbocycles. The zero-order chi connectivity index (χ0) is 13.6. The minimum Gasteiger partial charge on any atom is -0.376 e. The molecule has 102 valence electrons. The van der Waals surface area contributed by atoms with Crippen molar-refractivity contribution in [3.8, 4) is 0 Å². The van der Waals surface area contributed by atoms with Gasteiger partial charge in [-0.15, -0.1) is 0 Å². The van der Waals surface area contributed by atoms with E-state index in [0.717, 1.165) is 30.5 Å². The van der Waals surface area contributed by atoms with E-state index in [2.05, 4.69) is 11.9 Å². The number of hydrogen-bond donors (Lipinski definition) is 1. The molecule has 2 unspecified atom stereocenters. The average Bonchev–Trinajstić information content (AvgIpc) is 2.97. The third-order valence-corrected chi connectivity index (χ3v) is 4.39. The van der Waals surface area contributed by atoms with Crippen molar-refractivity contribution in [1.82, 2.24) is 9.55 Å². The van der Waals surface area contributed by atoms with Gasteiger partial charge >= 0.3 is 0 Å². The second kappa shape index (κ2) is 4.85. The van der Waals surface area contributed by atoms with E-state index in [-0.39, 0.29) is 12.1 Å². The number of imidazole rings is 1. The molecule has 2 atom stereocenters. The molecule has 2 heterocycles.